The molecule has 2 N–H and O–H groups in total. The molecular weight excluding hydrogens is 398 g/mol. The molecule has 3 rings (SSSR count). The highest BCUT2D eigenvalue weighted by atomic mass is 16.6. The van der Waals surface area contributed by atoms with Crippen molar-refractivity contribution in [2.75, 3.05) is 32.7 Å². The zero-order valence-electron chi connectivity index (χ0n) is 18.6. The molecule has 166 valence electrons. The summed E-state index contributed by atoms with van der Waals surface area (Å²) >= 11 is 0. The molecule has 8 heteroatoms. The maximum atomic E-state index is 12.6. The predicted molar refractivity (Wildman–Crippen MR) is 118 cm³/mol. The van der Waals surface area contributed by atoms with Gasteiger partial charge in [-0.3, -0.25) is 15.0 Å². The number of imide groups is 1. The summed E-state index contributed by atoms with van der Waals surface area (Å²) in [4.78, 5) is 26.7. The van der Waals surface area contributed by atoms with Crippen LogP contribution in [-0.4, -0.2) is 50.3 Å². The molecule has 3 amide bonds. The largest absolute Gasteiger partial charge is 0.496 e. The molecular formula is C23H29N3O5. The number of benzene rings is 2. The smallest absolute Gasteiger partial charge is 0.325 e. The number of rotatable bonds is 6. The normalized spacial score (nSPS) is 13.5. The summed E-state index contributed by atoms with van der Waals surface area (Å²) < 4.78 is 16.4. The van der Waals surface area contributed by atoms with Gasteiger partial charge in [-0.25, -0.2) is 4.79 Å². The minimum absolute atomic E-state index is 0.389. The zero-order valence-corrected chi connectivity index (χ0v) is 18.6. The summed E-state index contributed by atoms with van der Waals surface area (Å²) in [5.41, 5.74) is 3.67. The number of ether oxygens (including phenoxy) is 3. The number of nitrogens with zero attached hydrogens (tertiary/aromatic N) is 1. The Morgan fingerprint density at radius 2 is 1.74 bits per heavy atom. The second-order valence-corrected chi connectivity index (χ2v) is 7.66. The van der Waals surface area contributed by atoms with Crippen molar-refractivity contribution < 1.29 is 23.8 Å². The molecule has 31 heavy (non-hydrogen) atoms. The van der Waals surface area contributed by atoms with Crippen molar-refractivity contribution >= 4 is 17.6 Å². The first-order valence-corrected chi connectivity index (χ1v) is 10.1. The Bertz CT molecular complexity index is 953. The van der Waals surface area contributed by atoms with E-state index in [0.717, 1.165) is 22.4 Å². The van der Waals surface area contributed by atoms with Gasteiger partial charge in [-0.05, 0) is 56.6 Å². The zero-order chi connectivity index (χ0) is 22.5. The van der Waals surface area contributed by atoms with Crippen molar-refractivity contribution in [1.29, 1.82) is 0 Å². The van der Waals surface area contributed by atoms with Crippen LogP contribution in [-0.2, 0) is 11.3 Å². The average Bonchev–Trinajstić information content (AvgIpc) is 2.72. The van der Waals surface area contributed by atoms with Crippen molar-refractivity contribution in [2.24, 2.45) is 0 Å². The molecule has 1 aliphatic rings. The molecule has 0 radical (unpaired) electrons. The molecule has 0 spiro atoms. The standard InChI is InChI=1S/C23H29N3O5/c1-14-10-17(11-15(2)21(14)29-5)13-26(4)16(3)22(27)25-23(28)24-18-6-7-19-20(12-18)31-9-8-30-19/h6-7,10-12,16H,8-9,13H2,1-5H3,(H2,24,25,27,28). The fourth-order valence-electron chi connectivity index (χ4n) is 3.58. The van der Waals surface area contributed by atoms with E-state index in [-0.39, 0.29) is 5.91 Å². The minimum Gasteiger partial charge on any atom is -0.496 e. The minimum atomic E-state index is -0.599. The summed E-state index contributed by atoms with van der Waals surface area (Å²) in [5.74, 6) is 1.67. The lowest BCUT2D eigenvalue weighted by atomic mass is 10.0. The van der Waals surface area contributed by atoms with Crippen LogP contribution in [0.2, 0.25) is 0 Å². The van der Waals surface area contributed by atoms with Gasteiger partial charge >= 0.3 is 6.03 Å². The lowest BCUT2D eigenvalue weighted by Gasteiger charge is -2.24. The molecule has 1 heterocycles. The number of fused-ring (bicyclic) bond motifs is 1. The molecule has 1 atom stereocenters. The average molecular weight is 428 g/mol. The number of hydrogen-bond donors (Lipinski definition) is 2. The molecule has 0 saturated heterocycles. The van der Waals surface area contributed by atoms with Gasteiger partial charge in [-0.1, -0.05) is 12.1 Å². The Balaban J connectivity index is 1.56. The fraction of sp³-hybridized carbons (Fsp3) is 0.391. The van der Waals surface area contributed by atoms with E-state index in [0.29, 0.717) is 36.9 Å². The van der Waals surface area contributed by atoms with Crippen LogP contribution >= 0.6 is 0 Å². The van der Waals surface area contributed by atoms with Gasteiger partial charge in [0, 0.05) is 18.3 Å². The Kier molecular flexibility index (Phi) is 7.02. The summed E-state index contributed by atoms with van der Waals surface area (Å²) in [5, 5.41) is 5.05. The number of carbonyl (C=O) groups excluding carboxylic acids is 2. The third kappa shape index (κ3) is 5.46. The second kappa shape index (κ2) is 9.70. The molecule has 2 aromatic rings. The quantitative estimate of drug-likeness (QED) is 0.736. The second-order valence-electron chi connectivity index (χ2n) is 7.66. The van der Waals surface area contributed by atoms with Crippen LogP contribution in [0.5, 0.6) is 17.2 Å². The Morgan fingerprint density at radius 1 is 1.10 bits per heavy atom. The molecule has 0 saturated carbocycles. The number of methoxy groups -OCH3 is 1. The van der Waals surface area contributed by atoms with Crippen molar-refractivity contribution in [3.05, 3.63) is 47.0 Å². The lowest BCUT2D eigenvalue weighted by Crippen LogP contribution is -2.46. The lowest BCUT2D eigenvalue weighted by molar-refractivity contribution is -0.124. The molecule has 1 unspecified atom stereocenters. The van der Waals surface area contributed by atoms with Crippen LogP contribution in [0.4, 0.5) is 10.5 Å². The number of likely N-dealkylation sites (N-methyl/N-ethyl adjacent to an activating group) is 1. The number of hydrogen-bond acceptors (Lipinski definition) is 6. The number of anilines is 1. The molecule has 8 nitrogen and oxygen atoms in total. The molecule has 0 aliphatic carbocycles. The van der Waals surface area contributed by atoms with Crippen LogP contribution in [0.15, 0.2) is 30.3 Å². The van der Waals surface area contributed by atoms with Crippen molar-refractivity contribution in [2.45, 2.75) is 33.4 Å². The highest BCUT2D eigenvalue weighted by molar-refractivity contribution is 6.02. The molecule has 0 aromatic heterocycles. The highest BCUT2D eigenvalue weighted by Crippen LogP contribution is 2.32. The first-order valence-electron chi connectivity index (χ1n) is 10.1. The Labute approximate surface area is 182 Å². The van der Waals surface area contributed by atoms with E-state index in [4.69, 9.17) is 14.2 Å². The third-order valence-electron chi connectivity index (χ3n) is 5.23. The van der Waals surface area contributed by atoms with E-state index >= 15 is 0 Å². The van der Waals surface area contributed by atoms with Gasteiger partial charge in [0.05, 0.1) is 13.2 Å². The molecule has 0 bridgehead atoms. The van der Waals surface area contributed by atoms with E-state index in [1.807, 2.05) is 37.9 Å². The first kappa shape index (κ1) is 22.4. The molecule has 1 aliphatic heterocycles. The number of urea groups is 1. The van der Waals surface area contributed by atoms with Gasteiger partial charge in [-0.2, -0.15) is 0 Å². The van der Waals surface area contributed by atoms with Crippen molar-refractivity contribution in [1.82, 2.24) is 10.2 Å². The van der Waals surface area contributed by atoms with E-state index in [1.165, 1.54) is 0 Å². The maximum Gasteiger partial charge on any atom is 0.325 e. The number of nitrogens with one attached hydrogen (secondary N) is 2. The van der Waals surface area contributed by atoms with Gasteiger partial charge in [0.15, 0.2) is 11.5 Å². The van der Waals surface area contributed by atoms with Crippen LogP contribution in [0.1, 0.15) is 23.6 Å². The van der Waals surface area contributed by atoms with Crippen LogP contribution in [0.25, 0.3) is 0 Å². The van der Waals surface area contributed by atoms with Gasteiger partial charge in [0.2, 0.25) is 5.91 Å². The molecule has 0 fully saturated rings. The fourth-order valence-corrected chi connectivity index (χ4v) is 3.58. The van der Waals surface area contributed by atoms with Crippen LogP contribution in [0.3, 0.4) is 0 Å². The summed E-state index contributed by atoms with van der Waals surface area (Å²) in [6, 6.07) is 8.07. The topological polar surface area (TPSA) is 89.1 Å². The van der Waals surface area contributed by atoms with E-state index in [2.05, 4.69) is 10.6 Å². The monoisotopic (exact) mass is 427 g/mol. The predicted octanol–water partition coefficient (Wildman–Crippen LogP) is 3.25. The Morgan fingerprint density at radius 3 is 2.39 bits per heavy atom. The number of carbonyl (C=O) groups is 2. The molecule has 2 aromatic carbocycles. The summed E-state index contributed by atoms with van der Waals surface area (Å²) in [6.07, 6.45) is 0. The SMILES string of the molecule is COc1c(C)cc(CN(C)C(C)C(=O)NC(=O)Nc2ccc3c(c2)OCCO3)cc1C. The number of amides is 3. The van der Waals surface area contributed by atoms with E-state index in [1.54, 1.807) is 32.2 Å². The summed E-state index contributed by atoms with van der Waals surface area (Å²) in [6.45, 7) is 7.26. The van der Waals surface area contributed by atoms with E-state index in [9.17, 15) is 9.59 Å². The first-order chi connectivity index (χ1) is 14.8. The van der Waals surface area contributed by atoms with Crippen LogP contribution < -0.4 is 24.8 Å². The maximum absolute atomic E-state index is 12.6. The van der Waals surface area contributed by atoms with Gasteiger partial charge in [-0.15, -0.1) is 0 Å². The summed E-state index contributed by atoms with van der Waals surface area (Å²) in [7, 11) is 3.50. The highest BCUT2D eigenvalue weighted by Gasteiger charge is 2.21. The van der Waals surface area contributed by atoms with Crippen molar-refractivity contribution in [3.63, 3.8) is 0 Å². The van der Waals surface area contributed by atoms with E-state index < -0.39 is 12.1 Å². The Hall–Kier alpha value is -3.26. The van der Waals surface area contributed by atoms with Gasteiger partial charge < -0.3 is 19.5 Å². The number of aryl methyl sites for hydroxylation is 2. The van der Waals surface area contributed by atoms with Crippen LogP contribution in [0, 0.1) is 13.8 Å². The van der Waals surface area contributed by atoms with Gasteiger partial charge in [0.25, 0.3) is 0 Å². The third-order valence-corrected chi connectivity index (χ3v) is 5.23. The van der Waals surface area contributed by atoms with Crippen molar-refractivity contribution in [3.8, 4) is 17.2 Å². The van der Waals surface area contributed by atoms with Gasteiger partial charge in [0.1, 0.15) is 19.0 Å².